The van der Waals surface area contributed by atoms with Crippen LogP contribution in [0.4, 0.5) is 0 Å². The van der Waals surface area contributed by atoms with Crippen LogP contribution in [0, 0.1) is 16.7 Å². The molecule has 0 saturated heterocycles. The Morgan fingerprint density at radius 2 is 1.68 bits per heavy atom. The van der Waals surface area contributed by atoms with E-state index in [0.29, 0.717) is 17.4 Å². The molecule has 4 rings (SSSR count). The van der Waals surface area contributed by atoms with Crippen LogP contribution < -0.4 is 10.5 Å². The molecule has 0 heterocycles. The van der Waals surface area contributed by atoms with Gasteiger partial charge in [0.15, 0.2) is 0 Å². The van der Waals surface area contributed by atoms with E-state index in [1.54, 1.807) is 0 Å². The predicted molar refractivity (Wildman–Crippen MR) is 76.1 cm³/mol. The average Bonchev–Trinajstić information content (AvgIpc) is 2.07. The lowest BCUT2D eigenvalue weighted by molar-refractivity contribution is -0.117. The van der Waals surface area contributed by atoms with Crippen LogP contribution in [-0.4, -0.2) is 26.3 Å². The van der Waals surface area contributed by atoms with E-state index in [2.05, 4.69) is 19.2 Å². The quantitative estimate of drug-likeness (QED) is 0.825. The molecule has 2 unspecified atom stereocenters. The third-order valence-corrected chi connectivity index (χ3v) is 6.29. The molecule has 4 aliphatic carbocycles. The molecular weight excluding hydrogens is 260 g/mol. The van der Waals surface area contributed by atoms with Crippen molar-refractivity contribution in [3.8, 4) is 0 Å². The molecule has 0 aromatic heterocycles. The highest BCUT2D eigenvalue weighted by Crippen LogP contribution is 2.66. The van der Waals surface area contributed by atoms with E-state index < -0.39 is 10.0 Å². The monoisotopic (exact) mass is 286 g/mol. The van der Waals surface area contributed by atoms with Gasteiger partial charge >= 0.3 is 0 Å². The molecular formula is C14H26N2O2S. The van der Waals surface area contributed by atoms with E-state index in [0.717, 1.165) is 5.92 Å². The van der Waals surface area contributed by atoms with Gasteiger partial charge in [-0.2, -0.15) is 0 Å². The number of hydrogen-bond donors (Lipinski definition) is 2. The van der Waals surface area contributed by atoms with E-state index in [1.165, 1.54) is 38.5 Å². The second-order valence-electron chi connectivity index (χ2n) is 8.20. The smallest absolute Gasteiger partial charge is 0.210 e. The molecule has 0 aromatic carbocycles. The molecule has 0 aliphatic heterocycles. The second-order valence-corrected chi connectivity index (χ2v) is 9.94. The van der Waals surface area contributed by atoms with Crippen molar-refractivity contribution in [3.63, 3.8) is 0 Å². The zero-order chi connectivity index (χ0) is 13.9. The molecule has 5 heteroatoms. The lowest BCUT2D eigenvalue weighted by Crippen LogP contribution is -2.64. The molecule has 4 nitrogen and oxygen atoms in total. The van der Waals surface area contributed by atoms with Gasteiger partial charge in [0.2, 0.25) is 10.0 Å². The summed E-state index contributed by atoms with van der Waals surface area (Å²) in [6.07, 6.45) is 7.70. The summed E-state index contributed by atoms with van der Waals surface area (Å²) in [4.78, 5) is 0. The van der Waals surface area contributed by atoms with Gasteiger partial charge in [-0.3, -0.25) is 0 Å². The van der Waals surface area contributed by atoms with Gasteiger partial charge in [-0.25, -0.2) is 13.6 Å². The predicted octanol–water partition coefficient (Wildman–Crippen LogP) is 1.61. The fourth-order valence-electron chi connectivity index (χ4n) is 6.10. The highest BCUT2D eigenvalue weighted by molar-refractivity contribution is 7.89. The molecule has 0 radical (unpaired) electrons. The SMILES string of the molecule is CC12CC3CC(C)(C1)CC(NCCS(N)(=O)=O)(C3)C2. The number of nitrogens with one attached hydrogen (secondary N) is 1. The Balaban J connectivity index is 1.74. The van der Waals surface area contributed by atoms with Crippen molar-refractivity contribution in [1.29, 1.82) is 0 Å². The number of primary sulfonamides is 1. The number of sulfonamides is 1. The van der Waals surface area contributed by atoms with E-state index in [4.69, 9.17) is 5.14 Å². The van der Waals surface area contributed by atoms with E-state index in [-0.39, 0.29) is 11.3 Å². The van der Waals surface area contributed by atoms with Crippen molar-refractivity contribution >= 4 is 10.0 Å². The summed E-state index contributed by atoms with van der Waals surface area (Å²) in [7, 11) is -3.35. The zero-order valence-electron chi connectivity index (χ0n) is 12.0. The topological polar surface area (TPSA) is 72.2 Å². The molecule has 0 aromatic rings. The first-order valence-electron chi connectivity index (χ1n) is 7.37. The summed E-state index contributed by atoms with van der Waals surface area (Å²) in [5, 5.41) is 8.67. The Kier molecular flexibility index (Phi) is 2.88. The number of hydrogen-bond acceptors (Lipinski definition) is 3. The van der Waals surface area contributed by atoms with Crippen LogP contribution in [0.1, 0.15) is 52.4 Å². The lowest BCUT2D eigenvalue weighted by Gasteiger charge is -2.65. The summed E-state index contributed by atoms with van der Waals surface area (Å²) in [6, 6.07) is 0. The first-order chi connectivity index (χ1) is 8.61. The molecule has 4 saturated carbocycles. The normalized spacial score (nSPS) is 48.7. The van der Waals surface area contributed by atoms with E-state index in [9.17, 15) is 8.42 Å². The number of nitrogens with two attached hydrogens (primary N) is 1. The van der Waals surface area contributed by atoms with E-state index in [1.807, 2.05) is 0 Å². The highest BCUT2D eigenvalue weighted by atomic mass is 32.2. The highest BCUT2D eigenvalue weighted by Gasteiger charge is 2.59. The van der Waals surface area contributed by atoms with Crippen LogP contribution in [0.25, 0.3) is 0 Å². The summed E-state index contributed by atoms with van der Waals surface area (Å²) >= 11 is 0. The largest absolute Gasteiger partial charge is 0.310 e. The molecule has 0 spiro atoms. The van der Waals surface area contributed by atoms with E-state index >= 15 is 0 Å². The Morgan fingerprint density at radius 3 is 2.16 bits per heavy atom. The standard InChI is InChI=1S/C14H26N2O2S/c1-12-5-11-6-13(2,8-12)10-14(7-11,9-12)16-3-4-19(15,17)18/h11,16H,3-10H2,1-2H3,(H2,15,17,18). The summed E-state index contributed by atoms with van der Waals surface area (Å²) < 4.78 is 22.2. The Morgan fingerprint density at radius 1 is 1.11 bits per heavy atom. The third-order valence-electron chi connectivity index (χ3n) is 5.51. The first-order valence-corrected chi connectivity index (χ1v) is 9.08. The van der Waals surface area contributed by atoms with Gasteiger partial charge in [-0.15, -0.1) is 0 Å². The van der Waals surface area contributed by atoms with Crippen LogP contribution in [0.3, 0.4) is 0 Å². The second kappa shape index (κ2) is 3.95. The van der Waals surface area contributed by atoms with Crippen LogP contribution in [0.5, 0.6) is 0 Å². The first kappa shape index (κ1) is 13.8. The fourth-order valence-corrected chi connectivity index (χ4v) is 6.49. The Hall–Kier alpha value is -0.130. The molecule has 2 atom stereocenters. The maximum atomic E-state index is 11.1. The Labute approximate surface area is 116 Å². The minimum atomic E-state index is -3.35. The average molecular weight is 286 g/mol. The van der Waals surface area contributed by atoms with Gasteiger partial charge in [-0.1, -0.05) is 13.8 Å². The minimum absolute atomic E-state index is 0.0485. The van der Waals surface area contributed by atoms with Gasteiger partial charge < -0.3 is 5.32 Å². The summed E-state index contributed by atoms with van der Waals surface area (Å²) in [5.74, 6) is 0.876. The lowest BCUT2D eigenvalue weighted by atomic mass is 9.43. The van der Waals surface area contributed by atoms with Crippen molar-refractivity contribution in [2.75, 3.05) is 12.3 Å². The van der Waals surface area contributed by atoms with Gasteiger partial charge in [0, 0.05) is 12.1 Å². The molecule has 4 bridgehead atoms. The van der Waals surface area contributed by atoms with Gasteiger partial charge in [0.1, 0.15) is 0 Å². The van der Waals surface area contributed by atoms with Gasteiger partial charge in [0.25, 0.3) is 0 Å². The molecule has 4 aliphatic rings. The van der Waals surface area contributed by atoms with Crippen LogP contribution in [0.2, 0.25) is 0 Å². The van der Waals surface area contributed by atoms with Crippen LogP contribution in [-0.2, 0) is 10.0 Å². The van der Waals surface area contributed by atoms with Crippen molar-refractivity contribution in [3.05, 3.63) is 0 Å². The molecule has 110 valence electrons. The maximum absolute atomic E-state index is 11.1. The minimum Gasteiger partial charge on any atom is -0.310 e. The van der Waals surface area contributed by atoms with Crippen LogP contribution in [0.15, 0.2) is 0 Å². The summed E-state index contributed by atoms with van der Waals surface area (Å²) in [5.41, 5.74) is 1.10. The van der Waals surface area contributed by atoms with Crippen molar-refractivity contribution in [2.45, 2.75) is 57.9 Å². The van der Waals surface area contributed by atoms with Gasteiger partial charge in [-0.05, 0) is 55.3 Å². The summed E-state index contributed by atoms with van der Waals surface area (Å²) in [6.45, 7) is 5.34. The molecule has 19 heavy (non-hydrogen) atoms. The molecule has 4 fully saturated rings. The maximum Gasteiger partial charge on any atom is 0.210 e. The molecule has 0 amide bonds. The zero-order valence-corrected chi connectivity index (χ0v) is 12.9. The Bertz CT molecular complexity index is 470. The third kappa shape index (κ3) is 2.69. The van der Waals surface area contributed by atoms with Crippen molar-refractivity contribution in [1.82, 2.24) is 5.32 Å². The fraction of sp³-hybridized carbons (Fsp3) is 1.00. The van der Waals surface area contributed by atoms with Crippen molar-refractivity contribution < 1.29 is 8.42 Å². The molecule has 3 N–H and O–H groups in total. The van der Waals surface area contributed by atoms with Crippen molar-refractivity contribution in [2.24, 2.45) is 21.9 Å². The van der Waals surface area contributed by atoms with Gasteiger partial charge in [0.05, 0.1) is 5.75 Å². The number of rotatable bonds is 4. The van der Waals surface area contributed by atoms with Crippen LogP contribution >= 0.6 is 0 Å².